The first-order valence-corrected chi connectivity index (χ1v) is 9.40. The fourth-order valence-electron chi connectivity index (χ4n) is 2.61. The van der Waals surface area contributed by atoms with Gasteiger partial charge in [-0.3, -0.25) is 4.79 Å². The van der Waals surface area contributed by atoms with E-state index in [1.807, 2.05) is 19.9 Å². The molecule has 132 valence electrons. The van der Waals surface area contributed by atoms with Gasteiger partial charge in [0.15, 0.2) is 11.3 Å². The number of imidazole rings is 1. The highest BCUT2D eigenvalue weighted by Crippen LogP contribution is 2.27. The lowest BCUT2D eigenvalue weighted by atomic mass is 10.2. The molecule has 7 nitrogen and oxygen atoms in total. The third kappa shape index (κ3) is 3.53. The number of H-pyrrole nitrogens is 1. The molecule has 0 atom stereocenters. The summed E-state index contributed by atoms with van der Waals surface area (Å²) in [6, 6.07) is 1.91. The van der Waals surface area contributed by atoms with Crippen LogP contribution in [0.4, 0.5) is 0 Å². The van der Waals surface area contributed by atoms with Gasteiger partial charge in [-0.05, 0) is 42.0 Å². The van der Waals surface area contributed by atoms with Gasteiger partial charge < -0.3 is 9.72 Å². The van der Waals surface area contributed by atoms with Gasteiger partial charge in [0, 0.05) is 16.2 Å². The number of halogens is 1. The molecule has 8 heteroatoms. The molecule has 0 saturated heterocycles. The molecule has 0 fully saturated rings. The van der Waals surface area contributed by atoms with Gasteiger partial charge in [0.2, 0.25) is 5.88 Å². The Balaban J connectivity index is 2.16. The fraction of sp³-hybridized carbons (Fsp3) is 0.412. The lowest BCUT2D eigenvalue weighted by Crippen LogP contribution is -2.16. The molecule has 0 aliphatic heterocycles. The molecule has 3 rings (SSSR count). The van der Waals surface area contributed by atoms with Gasteiger partial charge in [0.1, 0.15) is 5.82 Å². The van der Waals surface area contributed by atoms with Gasteiger partial charge in [-0.1, -0.05) is 20.3 Å². The Kier molecular flexibility index (Phi) is 5.36. The third-order valence-electron chi connectivity index (χ3n) is 3.87. The monoisotopic (exact) mass is 453 g/mol. The van der Waals surface area contributed by atoms with Crippen LogP contribution in [0.3, 0.4) is 0 Å². The normalized spacial score (nSPS) is 11.2. The van der Waals surface area contributed by atoms with Crippen LogP contribution in [0.5, 0.6) is 5.88 Å². The number of nitrogens with zero attached hydrogens (tertiary/aromatic N) is 4. The van der Waals surface area contributed by atoms with E-state index in [4.69, 9.17) is 4.74 Å². The molecule has 0 bridgehead atoms. The quantitative estimate of drug-likeness (QED) is 0.458. The largest absolute Gasteiger partial charge is 0.477 e. The van der Waals surface area contributed by atoms with E-state index >= 15 is 0 Å². The van der Waals surface area contributed by atoms with Crippen molar-refractivity contribution in [1.82, 2.24) is 24.6 Å². The second kappa shape index (κ2) is 7.51. The van der Waals surface area contributed by atoms with Crippen LogP contribution < -0.4 is 10.3 Å². The summed E-state index contributed by atoms with van der Waals surface area (Å²) in [7, 11) is 0. The van der Waals surface area contributed by atoms with Gasteiger partial charge >= 0.3 is 0 Å². The maximum Gasteiger partial charge on any atom is 0.277 e. The Morgan fingerprint density at radius 1 is 1.36 bits per heavy atom. The zero-order valence-corrected chi connectivity index (χ0v) is 16.6. The second-order valence-corrected chi connectivity index (χ2v) is 6.98. The fourth-order valence-corrected chi connectivity index (χ4v) is 3.06. The van der Waals surface area contributed by atoms with Crippen molar-refractivity contribution in [2.75, 3.05) is 6.61 Å². The molecule has 3 heterocycles. The summed E-state index contributed by atoms with van der Waals surface area (Å²) in [5.74, 6) is 1.67. The minimum atomic E-state index is -0.215. The lowest BCUT2D eigenvalue weighted by molar-refractivity contribution is 0.299. The predicted molar refractivity (Wildman–Crippen MR) is 104 cm³/mol. The van der Waals surface area contributed by atoms with Crippen molar-refractivity contribution < 1.29 is 4.74 Å². The van der Waals surface area contributed by atoms with Gasteiger partial charge in [-0.2, -0.15) is 0 Å². The van der Waals surface area contributed by atoms with Gasteiger partial charge in [-0.15, -0.1) is 5.10 Å². The molecule has 0 aromatic carbocycles. The number of hydrogen-bond acceptors (Lipinski definition) is 5. The zero-order valence-electron chi connectivity index (χ0n) is 14.5. The Labute approximate surface area is 159 Å². The van der Waals surface area contributed by atoms with Crippen molar-refractivity contribution in [3.8, 4) is 17.3 Å². The first-order valence-electron chi connectivity index (χ1n) is 8.32. The van der Waals surface area contributed by atoms with Crippen molar-refractivity contribution in [2.45, 2.75) is 40.0 Å². The lowest BCUT2D eigenvalue weighted by Gasteiger charge is -2.10. The third-order valence-corrected chi connectivity index (χ3v) is 4.46. The smallest absolute Gasteiger partial charge is 0.277 e. The molecule has 3 aromatic heterocycles. The van der Waals surface area contributed by atoms with E-state index in [1.165, 1.54) is 0 Å². The molecule has 0 aliphatic carbocycles. The predicted octanol–water partition coefficient (Wildman–Crippen LogP) is 3.13. The first kappa shape index (κ1) is 17.8. The van der Waals surface area contributed by atoms with Gasteiger partial charge in [0.25, 0.3) is 5.56 Å². The number of aromatic amines is 1. The number of hydrogen-bond donors (Lipinski definition) is 1. The average Bonchev–Trinajstić information content (AvgIpc) is 2.92. The summed E-state index contributed by atoms with van der Waals surface area (Å²) in [6.07, 6.45) is 4.40. The van der Waals surface area contributed by atoms with Crippen LogP contribution in [0.25, 0.3) is 16.9 Å². The van der Waals surface area contributed by atoms with E-state index in [-0.39, 0.29) is 5.56 Å². The number of unbranched alkanes of at least 4 members (excludes halogenated alkanes) is 1. The molecule has 0 spiro atoms. The summed E-state index contributed by atoms with van der Waals surface area (Å²) in [4.78, 5) is 24.2. The van der Waals surface area contributed by atoms with Gasteiger partial charge in [0.05, 0.1) is 17.9 Å². The molecule has 1 N–H and O–H groups in total. The van der Waals surface area contributed by atoms with E-state index in [0.717, 1.165) is 22.2 Å². The van der Waals surface area contributed by atoms with Crippen LogP contribution in [0.1, 0.15) is 38.2 Å². The van der Waals surface area contributed by atoms with Crippen molar-refractivity contribution in [2.24, 2.45) is 0 Å². The summed E-state index contributed by atoms with van der Waals surface area (Å²) < 4.78 is 8.36. The molecule has 0 radical (unpaired) electrons. The zero-order chi connectivity index (χ0) is 18.0. The summed E-state index contributed by atoms with van der Waals surface area (Å²) in [5.41, 5.74) is 1.62. The summed E-state index contributed by atoms with van der Waals surface area (Å²) in [5, 5.41) is 4.60. The molecule has 0 amide bonds. The molecular weight excluding hydrogens is 433 g/mol. The molecule has 25 heavy (non-hydrogen) atoms. The first-order chi connectivity index (χ1) is 12.0. The molecule has 0 aliphatic rings. The number of aromatic nitrogens is 5. The molecule has 0 unspecified atom stereocenters. The van der Waals surface area contributed by atoms with Gasteiger partial charge in [-0.25, -0.2) is 14.5 Å². The van der Waals surface area contributed by atoms with E-state index in [1.54, 1.807) is 10.7 Å². The summed E-state index contributed by atoms with van der Waals surface area (Å²) >= 11 is 2.18. The number of fused-ring (bicyclic) bond motifs is 1. The van der Waals surface area contributed by atoms with Crippen molar-refractivity contribution in [3.05, 3.63) is 37.7 Å². The Morgan fingerprint density at radius 2 is 2.16 bits per heavy atom. The highest BCUT2D eigenvalue weighted by molar-refractivity contribution is 14.1. The van der Waals surface area contributed by atoms with Crippen LogP contribution in [-0.4, -0.2) is 31.2 Å². The van der Waals surface area contributed by atoms with Crippen molar-refractivity contribution in [1.29, 1.82) is 0 Å². The highest BCUT2D eigenvalue weighted by Gasteiger charge is 2.17. The maximum absolute atomic E-state index is 12.6. The van der Waals surface area contributed by atoms with Crippen LogP contribution in [0, 0.1) is 10.5 Å². The highest BCUT2D eigenvalue weighted by atomic mass is 127. The molecule has 0 saturated carbocycles. The van der Waals surface area contributed by atoms with Crippen LogP contribution in [0.15, 0.2) is 17.1 Å². The van der Waals surface area contributed by atoms with E-state index in [0.29, 0.717) is 41.5 Å². The average molecular weight is 453 g/mol. The van der Waals surface area contributed by atoms with Crippen molar-refractivity contribution >= 4 is 28.1 Å². The SMILES string of the molecule is CCCCOc1ncc(I)cc1-c1nn2c(CC)nc(C)c2c(=O)[nH]1. The Bertz CT molecular complexity index is 964. The number of aryl methyl sites for hydroxylation is 2. The number of rotatable bonds is 6. The number of pyridine rings is 1. The van der Waals surface area contributed by atoms with E-state index in [2.05, 4.69) is 49.6 Å². The Morgan fingerprint density at radius 3 is 2.88 bits per heavy atom. The van der Waals surface area contributed by atoms with Crippen LogP contribution in [0.2, 0.25) is 0 Å². The van der Waals surface area contributed by atoms with Crippen molar-refractivity contribution in [3.63, 3.8) is 0 Å². The number of nitrogens with one attached hydrogen (secondary N) is 1. The number of ether oxygens (including phenoxy) is 1. The van der Waals surface area contributed by atoms with E-state index < -0.39 is 0 Å². The Hall–Kier alpha value is -1.97. The maximum atomic E-state index is 12.6. The second-order valence-electron chi connectivity index (χ2n) is 5.74. The topological polar surface area (TPSA) is 85.2 Å². The minimum absolute atomic E-state index is 0.215. The molecule has 3 aromatic rings. The van der Waals surface area contributed by atoms with Crippen LogP contribution >= 0.6 is 22.6 Å². The summed E-state index contributed by atoms with van der Waals surface area (Å²) in [6.45, 7) is 6.49. The molecular formula is C17H20IN5O2. The minimum Gasteiger partial charge on any atom is -0.477 e. The van der Waals surface area contributed by atoms with E-state index in [9.17, 15) is 4.79 Å². The standard InChI is InChI=1S/C17H20IN5O2/c1-4-6-7-25-17-12(8-11(18)9-19-17)15-21-16(24)14-10(3)20-13(5-2)23(14)22-15/h8-9H,4-7H2,1-3H3,(H,21,22,24). The van der Waals surface area contributed by atoms with Crippen LogP contribution in [-0.2, 0) is 6.42 Å².